The Morgan fingerprint density at radius 2 is 1.90 bits per heavy atom. The predicted molar refractivity (Wildman–Crippen MR) is 121 cm³/mol. The minimum atomic E-state index is -0.0469. The van der Waals surface area contributed by atoms with E-state index < -0.39 is 0 Å². The second-order valence-electron chi connectivity index (χ2n) is 7.71. The fraction of sp³-hybridized carbons (Fsp3) is 0.348. The summed E-state index contributed by atoms with van der Waals surface area (Å²) in [5, 5.41) is 7.99. The molecule has 0 unspecified atom stereocenters. The number of nitrogens with zero attached hydrogens (tertiary/aromatic N) is 2. The lowest BCUT2D eigenvalue weighted by Crippen LogP contribution is -2.46. The number of oxazole rings is 1. The van der Waals surface area contributed by atoms with E-state index in [0.29, 0.717) is 23.9 Å². The van der Waals surface area contributed by atoms with E-state index in [-0.39, 0.29) is 24.3 Å². The van der Waals surface area contributed by atoms with E-state index in [9.17, 15) is 9.59 Å². The Morgan fingerprint density at radius 3 is 2.61 bits per heavy atom. The number of aromatic nitrogens is 1. The zero-order valence-electron chi connectivity index (χ0n) is 17.5. The van der Waals surface area contributed by atoms with Crippen LogP contribution in [-0.2, 0) is 16.0 Å². The van der Waals surface area contributed by atoms with Gasteiger partial charge in [0, 0.05) is 24.8 Å². The Labute approximate surface area is 185 Å². The van der Waals surface area contributed by atoms with Gasteiger partial charge in [0.15, 0.2) is 0 Å². The quantitative estimate of drug-likeness (QED) is 0.590. The summed E-state index contributed by atoms with van der Waals surface area (Å²) in [6.07, 6.45) is 1.85. The van der Waals surface area contributed by atoms with Crippen LogP contribution in [0.1, 0.15) is 24.3 Å². The van der Waals surface area contributed by atoms with Gasteiger partial charge < -0.3 is 15.1 Å². The summed E-state index contributed by atoms with van der Waals surface area (Å²) < 4.78 is 5.72. The summed E-state index contributed by atoms with van der Waals surface area (Å²) in [6, 6.07) is 13.5. The number of piperidine rings is 1. The molecule has 2 amide bonds. The third-order valence-corrected chi connectivity index (χ3v) is 6.19. The molecule has 0 atom stereocenters. The predicted octanol–water partition coefficient (Wildman–Crippen LogP) is 3.47. The molecular weight excluding hydrogens is 412 g/mol. The Balaban J connectivity index is 1.21. The molecule has 0 spiro atoms. The van der Waals surface area contributed by atoms with Gasteiger partial charge in [0.2, 0.25) is 17.7 Å². The van der Waals surface area contributed by atoms with E-state index in [4.69, 9.17) is 4.42 Å². The van der Waals surface area contributed by atoms with E-state index in [1.54, 1.807) is 11.3 Å². The van der Waals surface area contributed by atoms with Crippen LogP contribution in [0.15, 0.2) is 52.3 Å². The van der Waals surface area contributed by atoms with Crippen LogP contribution < -0.4 is 10.6 Å². The first-order valence-corrected chi connectivity index (χ1v) is 11.3. The van der Waals surface area contributed by atoms with Crippen molar-refractivity contribution in [3.05, 3.63) is 59.3 Å². The SMILES string of the molecule is Cc1oc(-c2cccs2)nc1CC(=O)NC1CCN(CC(=O)Nc2ccccc2)CC1. The third-order valence-electron chi connectivity index (χ3n) is 5.33. The van der Waals surface area contributed by atoms with Gasteiger partial charge in [0.05, 0.1) is 23.5 Å². The molecule has 7 nitrogen and oxygen atoms in total. The molecule has 0 aliphatic carbocycles. The van der Waals surface area contributed by atoms with Gasteiger partial charge in [-0.1, -0.05) is 24.3 Å². The first kappa shape index (κ1) is 21.3. The van der Waals surface area contributed by atoms with Crippen molar-refractivity contribution < 1.29 is 14.0 Å². The van der Waals surface area contributed by atoms with E-state index in [1.807, 2.05) is 54.8 Å². The van der Waals surface area contributed by atoms with E-state index >= 15 is 0 Å². The van der Waals surface area contributed by atoms with Crippen molar-refractivity contribution in [3.8, 4) is 10.8 Å². The lowest BCUT2D eigenvalue weighted by atomic mass is 10.0. The average Bonchev–Trinajstić information content (AvgIpc) is 3.40. The molecule has 4 rings (SSSR count). The maximum absolute atomic E-state index is 12.5. The largest absolute Gasteiger partial charge is 0.440 e. The van der Waals surface area contributed by atoms with Crippen LogP contribution in [-0.4, -0.2) is 47.4 Å². The molecule has 1 saturated heterocycles. The lowest BCUT2D eigenvalue weighted by molar-refractivity contribution is -0.122. The Kier molecular flexibility index (Phi) is 6.79. The zero-order valence-corrected chi connectivity index (χ0v) is 18.3. The van der Waals surface area contributed by atoms with Crippen LogP contribution in [0.25, 0.3) is 10.8 Å². The molecule has 2 N–H and O–H groups in total. The summed E-state index contributed by atoms with van der Waals surface area (Å²) in [7, 11) is 0. The summed E-state index contributed by atoms with van der Waals surface area (Å²) in [5.41, 5.74) is 1.48. The maximum Gasteiger partial charge on any atom is 0.238 e. The number of para-hydroxylation sites is 1. The summed E-state index contributed by atoms with van der Waals surface area (Å²) in [6.45, 7) is 3.75. The molecule has 31 heavy (non-hydrogen) atoms. The second kappa shape index (κ2) is 9.89. The molecule has 8 heteroatoms. The molecule has 3 heterocycles. The number of hydrogen-bond acceptors (Lipinski definition) is 6. The Hall–Kier alpha value is -2.97. The summed E-state index contributed by atoms with van der Waals surface area (Å²) >= 11 is 1.56. The molecule has 1 aromatic carbocycles. The number of carbonyl (C=O) groups is 2. The first-order valence-electron chi connectivity index (χ1n) is 10.4. The number of anilines is 1. The highest BCUT2D eigenvalue weighted by Crippen LogP contribution is 2.26. The monoisotopic (exact) mass is 438 g/mol. The van der Waals surface area contributed by atoms with Gasteiger partial charge in [-0.3, -0.25) is 14.5 Å². The van der Waals surface area contributed by atoms with Crippen LogP contribution in [0.5, 0.6) is 0 Å². The number of hydrogen-bond donors (Lipinski definition) is 2. The van der Waals surface area contributed by atoms with Crippen LogP contribution in [0.3, 0.4) is 0 Å². The minimum Gasteiger partial charge on any atom is -0.440 e. The van der Waals surface area contributed by atoms with Crippen LogP contribution in [0.4, 0.5) is 5.69 Å². The lowest BCUT2D eigenvalue weighted by Gasteiger charge is -2.31. The van der Waals surface area contributed by atoms with Gasteiger partial charge in [0.1, 0.15) is 5.76 Å². The number of aryl methyl sites for hydroxylation is 1. The van der Waals surface area contributed by atoms with Crippen molar-refractivity contribution in [2.75, 3.05) is 25.0 Å². The van der Waals surface area contributed by atoms with Crippen molar-refractivity contribution >= 4 is 28.8 Å². The fourth-order valence-corrected chi connectivity index (χ4v) is 4.34. The molecule has 2 aromatic heterocycles. The van der Waals surface area contributed by atoms with Crippen molar-refractivity contribution in [2.45, 2.75) is 32.2 Å². The van der Waals surface area contributed by atoms with Gasteiger partial charge in [0.25, 0.3) is 0 Å². The number of thiophene rings is 1. The van der Waals surface area contributed by atoms with Crippen molar-refractivity contribution in [3.63, 3.8) is 0 Å². The number of carbonyl (C=O) groups excluding carboxylic acids is 2. The van der Waals surface area contributed by atoms with Gasteiger partial charge in [-0.2, -0.15) is 0 Å². The second-order valence-corrected chi connectivity index (χ2v) is 8.66. The molecule has 0 radical (unpaired) electrons. The highest BCUT2D eigenvalue weighted by atomic mass is 32.1. The fourth-order valence-electron chi connectivity index (χ4n) is 3.69. The standard InChI is InChI=1S/C23H26N4O3S/c1-16-19(26-23(30-16)20-8-5-13-31-20)14-21(28)24-18-9-11-27(12-10-18)15-22(29)25-17-6-3-2-4-7-17/h2-8,13,18H,9-12,14-15H2,1H3,(H,24,28)(H,25,29). The van der Waals surface area contributed by atoms with Gasteiger partial charge >= 0.3 is 0 Å². The van der Waals surface area contributed by atoms with Crippen molar-refractivity contribution in [1.82, 2.24) is 15.2 Å². The first-order chi connectivity index (χ1) is 15.1. The topological polar surface area (TPSA) is 87.5 Å². The highest BCUT2D eigenvalue weighted by Gasteiger charge is 2.23. The molecule has 1 aliphatic rings. The summed E-state index contributed by atoms with van der Waals surface area (Å²) in [5.74, 6) is 1.18. The molecule has 1 aliphatic heterocycles. The maximum atomic E-state index is 12.5. The van der Waals surface area contributed by atoms with E-state index in [0.717, 1.165) is 36.5 Å². The molecule has 162 valence electrons. The molecule has 1 fully saturated rings. The number of benzene rings is 1. The Bertz CT molecular complexity index is 1010. The summed E-state index contributed by atoms with van der Waals surface area (Å²) in [4.78, 5) is 32.3. The van der Waals surface area contributed by atoms with E-state index in [1.165, 1.54) is 0 Å². The highest BCUT2D eigenvalue weighted by molar-refractivity contribution is 7.13. The zero-order chi connectivity index (χ0) is 21.6. The average molecular weight is 439 g/mol. The van der Waals surface area contributed by atoms with Gasteiger partial charge in [-0.25, -0.2) is 4.98 Å². The number of likely N-dealkylation sites (tertiary alicyclic amines) is 1. The van der Waals surface area contributed by atoms with Crippen LogP contribution in [0.2, 0.25) is 0 Å². The molecule has 0 saturated carbocycles. The van der Waals surface area contributed by atoms with E-state index in [2.05, 4.69) is 20.5 Å². The normalized spacial score (nSPS) is 15.0. The molecular formula is C23H26N4O3S. The Morgan fingerprint density at radius 1 is 1.13 bits per heavy atom. The van der Waals surface area contributed by atoms with Crippen LogP contribution in [0, 0.1) is 6.92 Å². The van der Waals surface area contributed by atoms with Gasteiger partial charge in [-0.05, 0) is 43.3 Å². The van der Waals surface area contributed by atoms with Crippen LogP contribution >= 0.6 is 11.3 Å². The minimum absolute atomic E-state index is 0.0169. The number of rotatable bonds is 7. The number of amides is 2. The van der Waals surface area contributed by atoms with Gasteiger partial charge in [-0.15, -0.1) is 11.3 Å². The van der Waals surface area contributed by atoms with Crippen molar-refractivity contribution in [2.24, 2.45) is 0 Å². The van der Waals surface area contributed by atoms with Crippen molar-refractivity contribution in [1.29, 1.82) is 0 Å². The third kappa shape index (κ3) is 5.80. The molecule has 3 aromatic rings. The number of nitrogens with one attached hydrogen (secondary N) is 2. The molecule has 0 bridgehead atoms. The smallest absolute Gasteiger partial charge is 0.238 e.